The second kappa shape index (κ2) is 3.68. The molecule has 0 bridgehead atoms. The fourth-order valence-electron chi connectivity index (χ4n) is 1.57. The molecule has 3 rings (SSSR count). The predicted octanol–water partition coefficient (Wildman–Crippen LogP) is 2.29. The van der Waals surface area contributed by atoms with E-state index >= 15 is 0 Å². The van der Waals surface area contributed by atoms with E-state index in [1.54, 1.807) is 5.38 Å². The van der Waals surface area contributed by atoms with Crippen LogP contribution in [0, 0.1) is 0 Å². The van der Waals surface area contributed by atoms with Gasteiger partial charge in [-0.3, -0.25) is 0 Å². The Hall–Kier alpha value is -1.75. The van der Waals surface area contributed by atoms with Crippen molar-refractivity contribution < 1.29 is 14.6 Å². The second-order valence-electron chi connectivity index (χ2n) is 3.37. The highest BCUT2D eigenvalue weighted by atomic mass is 32.1. The van der Waals surface area contributed by atoms with E-state index in [0.717, 1.165) is 22.1 Å². The van der Waals surface area contributed by atoms with Crippen molar-refractivity contribution in [2.75, 3.05) is 13.2 Å². The van der Waals surface area contributed by atoms with Gasteiger partial charge in [-0.1, -0.05) is 0 Å². The molecule has 0 spiro atoms. The molecule has 0 aliphatic carbocycles. The first-order valence-electron chi connectivity index (χ1n) is 4.87. The zero-order chi connectivity index (χ0) is 11.0. The molecule has 0 unspecified atom stereocenters. The van der Waals surface area contributed by atoms with E-state index in [2.05, 4.69) is 4.98 Å². The Morgan fingerprint density at radius 1 is 1.19 bits per heavy atom. The third-order valence-electron chi connectivity index (χ3n) is 2.28. The first-order chi connectivity index (χ1) is 7.83. The smallest absolute Gasteiger partial charge is 0.222 e. The van der Waals surface area contributed by atoms with Crippen LogP contribution in [0.4, 0.5) is 0 Å². The summed E-state index contributed by atoms with van der Waals surface area (Å²) in [5.41, 5.74) is 0.926. The lowest BCUT2D eigenvalue weighted by atomic mass is 10.2. The molecule has 1 aromatic carbocycles. The predicted molar refractivity (Wildman–Crippen MR) is 60.2 cm³/mol. The minimum Gasteiger partial charge on any atom is -0.493 e. The fourth-order valence-corrected chi connectivity index (χ4v) is 2.25. The van der Waals surface area contributed by atoms with Crippen molar-refractivity contribution in [1.82, 2.24) is 4.98 Å². The normalized spacial score (nSPS) is 13.8. The fraction of sp³-hybridized carbons (Fsp3) is 0.182. The number of hydrogen-bond donors (Lipinski definition) is 1. The Labute approximate surface area is 96.1 Å². The van der Waals surface area contributed by atoms with Gasteiger partial charge in [-0.25, -0.2) is 4.98 Å². The number of hydrogen-bond acceptors (Lipinski definition) is 5. The molecule has 2 heterocycles. The quantitative estimate of drug-likeness (QED) is 0.824. The van der Waals surface area contributed by atoms with Gasteiger partial charge in [-0.15, -0.1) is 11.3 Å². The van der Waals surface area contributed by atoms with Crippen molar-refractivity contribution >= 4 is 11.3 Å². The van der Waals surface area contributed by atoms with Gasteiger partial charge in [-0.2, -0.15) is 0 Å². The Kier molecular flexibility index (Phi) is 2.18. The number of ether oxygens (including phenoxy) is 2. The molecule has 82 valence electrons. The number of rotatable bonds is 1. The number of thiazole rings is 1. The summed E-state index contributed by atoms with van der Waals surface area (Å²) in [5.74, 6) is 1.55. The van der Waals surface area contributed by atoms with Crippen molar-refractivity contribution in [2.45, 2.75) is 0 Å². The van der Waals surface area contributed by atoms with Gasteiger partial charge in [0.05, 0.1) is 5.38 Å². The Morgan fingerprint density at radius 3 is 2.75 bits per heavy atom. The number of aromatic nitrogens is 1. The summed E-state index contributed by atoms with van der Waals surface area (Å²) in [6.07, 6.45) is 0. The highest BCUT2D eigenvalue weighted by molar-refractivity contribution is 7.13. The molecule has 0 atom stereocenters. The molecule has 0 amide bonds. The third-order valence-corrected chi connectivity index (χ3v) is 3.16. The van der Waals surface area contributed by atoms with Crippen LogP contribution in [0.15, 0.2) is 23.6 Å². The molecule has 4 nitrogen and oxygen atoms in total. The van der Waals surface area contributed by atoms with Crippen LogP contribution >= 0.6 is 11.3 Å². The van der Waals surface area contributed by atoms with E-state index in [-0.39, 0.29) is 5.88 Å². The van der Waals surface area contributed by atoms with Crippen molar-refractivity contribution in [3.05, 3.63) is 23.6 Å². The summed E-state index contributed by atoms with van der Waals surface area (Å²) in [4.78, 5) is 4.01. The Bertz CT molecular complexity index is 524. The number of aromatic hydroxyl groups is 1. The maximum absolute atomic E-state index is 9.20. The van der Waals surface area contributed by atoms with Gasteiger partial charge in [0.2, 0.25) is 5.88 Å². The maximum atomic E-state index is 9.20. The van der Waals surface area contributed by atoms with Crippen LogP contribution in [0.3, 0.4) is 0 Å². The van der Waals surface area contributed by atoms with Gasteiger partial charge in [0.1, 0.15) is 18.2 Å². The van der Waals surface area contributed by atoms with Crippen LogP contribution in [-0.4, -0.2) is 23.3 Å². The van der Waals surface area contributed by atoms with E-state index in [9.17, 15) is 5.11 Å². The molecule has 1 aromatic heterocycles. The first kappa shape index (κ1) is 9.47. The van der Waals surface area contributed by atoms with Crippen LogP contribution in [0.2, 0.25) is 0 Å². The monoisotopic (exact) mass is 235 g/mol. The standard InChI is InChI=1S/C11H9NO3S/c13-10-6-16-11(12-10)7-1-2-8-9(5-7)15-4-3-14-8/h1-2,5-6,13H,3-4H2. The summed E-state index contributed by atoms with van der Waals surface area (Å²) in [5, 5.41) is 11.6. The van der Waals surface area contributed by atoms with Crippen LogP contribution in [0.5, 0.6) is 17.4 Å². The van der Waals surface area contributed by atoms with Crippen molar-refractivity contribution in [3.63, 3.8) is 0 Å². The lowest BCUT2D eigenvalue weighted by Crippen LogP contribution is -2.15. The molecular weight excluding hydrogens is 226 g/mol. The third kappa shape index (κ3) is 1.59. The molecule has 0 saturated carbocycles. The Balaban J connectivity index is 2.02. The zero-order valence-corrected chi connectivity index (χ0v) is 9.16. The number of nitrogens with zero attached hydrogens (tertiary/aromatic N) is 1. The largest absolute Gasteiger partial charge is 0.493 e. The average molecular weight is 235 g/mol. The minimum absolute atomic E-state index is 0.0508. The highest BCUT2D eigenvalue weighted by Gasteiger charge is 2.13. The van der Waals surface area contributed by atoms with Gasteiger partial charge in [-0.05, 0) is 18.2 Å². The van der Waals surface area contributed by atoms with Crippen LogP contribution in [0.1, 0.15) is 0 Å². The summed E-state index contributed by atoms with van der Waals surface area (Å²) < 4.78 is 10.9. The van der Waals surface area contributed by atoms with E-state index in [0.29, 0.717) is 13.2 Å². The molecular formula is C11H9NO3S. The van der Waals surface area contributed by atoms with E-state index in [4.69, 9.17) is 9.47 Å². The minimum atomic E-state index is 0.0508. The molecule has 0 saturated heterocycles. The molecule has 0 fully saturated rings. The van der Waals surface area contributed by atoms with Crippen molar-refractivity contribution in [3.8, 4) is 28.0 Å². The van der Waals surface area contributed by atoms with Crippen molar-refractivity contribution in [2.24, 2.45) is 0 Å². The zero-order valence-electron chi connectivity index (χ0n) is 8.34. The van der Waals surface area contributed by atoms with Crippen LogP contribution in [-0.2, 0) is 0 Å². The van der Waals surface area contributed by atoms with Gasteiger partial charge in [0.25, 0.3) is 0 Å². The van der Waals surface area contributed by atoms with Gasteiger partial charge >= 0.3 is 0 Å². The molecule has 0 radical (unpaired) electrons. The Morgan fingerprint density at radius 2 is 2.00 bits per heavy atom. The molecule has 5 heteroatoms. The van der Waals surface area contributed by atoms with Gasteiger partial charge in [0.15, 0.2) is 11.5 Å². The summed E-state index contributed by atoms with van der Waals surface area (Å²) >= 11 is 1.40. The highest BCUT2D eigenvalue weighted by Crippen LogP contribution is 2.35. The number of benzene rings is 1. The van der Waals surface area contributed by atoms with Crippen LogP contribution < -0.4 is 9.47 Å². The maximum Gasteiger partial charge on any atom is 0.222 e. The van der Waals surface area contributed by atoms with Crippen molar-refractivity contribution in [1.29, 1.82) is 0 Å². The SMILES string of the molecule is Oc1csc(-c2ccc3c(c2)OCCO3)n1. The van der Waals surface area contributed by atoms with Crippen LogP contribution in [0.25, 0.3) is 10.6 Å². The lowest BCUT2D eigenvalue weighted by Gasteiger charge is -2.18. The van der Waals surface area contributed by atoms with E-state index in [1.165, 1.54) is 11.3 Å². The molecule has 1 aliphatic heterocycles. The first-order valence-corrected chi connectivity index (χ1v) is 5.75. The molecule has 1 aliphatic rings. The number of fused-ring (bicyclic) bond motifs is 1. The molecule has 1 N–H and O–H groups in total. The lowest BCUT2D eigenvalue weighted by molar-refractivity contribution is 0.171. The van der Waals surface area contributed by atoms with E-state index in [1.807, 2.05) is 18.2 Å². The average Bonchev–Trinajstić information content (AvgIpc) is 2.75. The molecule has 16 heavy (non-hydrogen) atoms. The summed E-state index contributed by atoms with van der Waals surface area (Å²) in [6.45, 7) is 1.16. The molecule has 2 aromatic rings. The summed E-state index contributed by atoms with van der Waals surface area (Å²) in [6, 6.07) is 5.65. The topological polar surface area (TPSA) is 51.6 Å². The summed E-state index contributed by atoms with van der Waals surface area (Å²) in [7, 11) is 0. The second-order valence-corrected chi connectivity index (χ2v) is 4.23. The van der Waals surface area contributed by atoms with E-state index < -0.39 is 0 Å². The van der Waals surface area contributed by atoms with Gasteiger partial charge < -0.3 is 14.6 Å². The van der Waals surface area contributed by atoms with Gasteiger partial charge in [0, 0.05) is 5.56 Å².